The van der Waals surface area contributed by atoms with Crippen molar-refractivity contribution in [2.75, 3.05) is 65.8 Å². The molecule has 1 aromatic rings. The third-order valence-corrected chi connectivity index (χ3v) is 5.71. The molecule has 1 heterocycles. The summed E-state index contributed by atoms with van der Waals surface area (Å²) in [5.74, 6) is 2.42. The molecule has 0 aromatic heterocycles. The third-order valence-electron chi connectivity index (χ3n) is 5.71. The molecule has 1 fully saturated rings. The minimum Gasteiger partial charge on any atom is -0.492 e. The molecule has 0 bridgehead atoms. The molecule has 182 valence electrons. The standard InChI is InChI=1S/C25H44N4O3/c1-4-26-25(27-14-7-16-31-21-23-12-17-30-18-13-23)28-20-22-8-10-24(11-9-22)32-19-15-29(5-2)6-3/h8-11,23H,4-7,12-21H2,1-3H3,(H2,26,27,28). The molecule has 0 radical (unpaired) electrons. The van der Waals surface area contributed by atoms with Crippen LogP contribution in [0.25, 0.3) is 0 Å². The third kappa shape index (κ3) is 11.2. The van der Waals surface area contributed by atoms with Crippen LogP contribution in [0.4, 0.5) is 0 Å². The smallest absolute Gasteiger partial charge is 0.191 e. The van der Waals surface area contributed by atoms with Gasteiger partial charge in [0, 0.05) is 46.1 Å². The fourth-order valence-electron chi connectivity index (χ4n) is 3.58. The largest absolute Gasteiger partial charge is 0.492 e. The number of likely N-dealkylation sites (N-methyl/N-ethyl adjacent to an activating group) is 1. The lowest BCUT2D eigenvalue weighted by Gasteiger charge is -2.21. The van der Waals surface area contributed by atoms with Gasteiger partial charge in [-0.05, 0) is 62.9 Å². The summed E-state index contributed by atoms with van der Waals surface area (Å²) in [7, 11) is 0. The molecule has 1 aliphatic rings. The van der Waals surface area contributed by atoms with E-state index < -0.39 is 0 Å². The van der Waals surface area contributed by atoms with Crippen molar-refractivity contribution in [1.82, 2.24) is 15.5 Å². The van der Waals surface area contributed by atoms with Crippen LogP contribution in [0, 0.1) is 5.92 Å². The Morgan fingerprint density at radius 1 is 1.06 bits per heavy atom. The number of hydrogen-bond acceptors (Lipinski definition) is 5. The summed E-state index contributed by atoms with van der Waals surface area (Å²) >= 11 is 0. The van der Waals surface area contributed by atoms with Gasteiger partial charge in [-0.2, -0.15) is 0 Å². The highest BCUT2D eigenvalue weighted by Crippen LogP contribution is 2.15. The topological polar surface area (TPSA) is 67.4 Å². The van der Waals surface area contributed by atoms with Gasteiger partial charge in [-0.15, -0.1) is 0 Å². The lowest BCUT2D eigenvalue weighted by Crippen LogP contribution is -2.38. The first kappa shape index (κ1) is 26.4. The van der Waals surface area contributed by atoms with Gasteiger partial charge >= 0.3 is 0 Å². The van der Waals surface area contributed by atoms with E-state index >= 15 is 0 Å². The summed E-state index contributed by atoms with van der Waals surface area (Å²) in [6, 6.07) is 8.24. The minimum atomic E-state index is 0.634. The van der Waals surface area contributed by atoms with Crippen LogP contribution in [0.3, 0.4) is 0 Å². The van der Waals surface area contributed by atoms with Crippen molar-refractivity contribution in [3.05, 3.63) is 29.8 Å². The number of nitrogens with zero attached hydrogens (tertiary/aromatic N) is 2. The highest BCUT2D eigenvalue weighted by Gasteiger charge is 2.13. The van der Waals surface area contributed by atoms with Crippen LogP contribution >= 0.6 is 0 Å². The Morgan fingerprint density at radius 3 is 2.50 bits per heavy atom. The van der Waals surface area contributed by atoms with Crippen molar-refractivity contribution in [3.8, 4) is 5.75 Å². The number of nitrogens with one attached hydrogen (secondary N) is 2. The molecule has 0 atom stereocenters. The zero-order valence-electron chi connectivity index (χ0n) is 20.4. The first-order valence-corrected chi connectivity index (χ1v) is 12.4. The van der Waals surface area contributed by atoms with Crippen molar-refractivity contribution in [2.24, 2.45) is 10.9 Å². The molecule has 7 nitrogen and oxygen atoms in total. The van der Waals surface area contributed by atoms with Gasteiger partial charge < -0.3 is 29.7 Å². The second kappa shape index (κ2) is 16.8. The Balaban J connectivity index is 1.64. The van der Waals surface area contributed by atoms with Gasteiger partial charge in [0.25, 0.3) is 0 Å². The van der Waals surface area contributed by atoms with E-state index in [9.17, 15) is 0 Å². The molecule has 0 aliphatic carbocycles. The van der Waals surface area contributed by atoms with Gasteiger partial charge in [-0.25, -0.2) is 4.99 Å². The Kier molecular flexibility index (Phi) is 13.8. The molecule has 0 amide bonds. The molecule has 1 aromatic carbocycles. The lowest BCUT2D eigenvalue weighted by molar-refractivity contribution is 0.0203. The second-order valence-electron chi connectivity index (χ2n) is 8.13. The first-order chi connectivity index (χ1) is 15.7. The highest BCUT2D eigenvalue weighted by molar-refractivity contribution is 5.79. The summed E-state index contributed by atoms with van der Waals surface area (Å²) in [5.41, 5.74) is 1.16. The van der Waals surface area contributed by atoms with Crippen LogP contribution in [-0.2, 0) is 16.0 Å². The Hall–Kier alpha value is -1.83. The molecule has 0 spiro atoms. The molecule has 0 saturated carbocycles. The number of ether oxygens (including phenoxy) is 3. The van der Waals surface area contributed by atoms with E-state index in [1.807, 2.05) is 12.1 Å². The van der Waals surface area contributed by atoms with E-state index in [1.165, 1.54) is 0 Å². The predicted octanol–water partition coefficient (Wildman–Crippen LogP) is 3.30. The molecule has 7 heteroatoms. The average Bonchev–Trinajstić information content (AvgIpc) is 2.84. The maximum Gasteiger partial charge on any atom is 0.191 e. The fraction of sp³-hybridized carbons (Fsp3) is 0.720. The van der Waals surface area contributed by atoms with Gasteiger partial charge in [-0.3, -0.25) is 0 Å². The van der Waals surface area contributed by atoms with Crippen LogP contribution in [-0.4, -0.2) is 76.6 Å². The lowest BCUT2D eigenvalue weighted by atomic mass is 10.0. The van der Waals surface area contributed by atoms with E-state index in [2.05, 4.69) is 48.4 Å². The van der Waals surface area contributed by atoms with E-state index in [1.54, 1.807) is 0 Å². The molecule has 1 saturated heterocycles. The molecule has 0 unspecified atom stereocenters. The summed E-state index contributed by atoms with van der Waals surface area (Å²) < 4.78 is 17.1. The quantitative estimate of drug-likeness (QED) is 0.244. The van der Waals surface area contributed by atoms with Crippen LogP contribution in [0.2, 0.25) is 0 Å². The van der Waals surface area contributed by atoms with Crippen LogP contribution in [0.1, 0.15) is 45.6 Å². The van der Waals surface area contributed by atoms with E-state index in [0.29, 0.717) is 19.1 Å². The molecule has 32 heavy (non-hydrogen) atoms. The SMILES string of the molecule is CCNC(=NCc1ccc(OCCN(CC)CC)cc1)NCCCOCC1CCOCC1. The predicted molar refractivity (Wildman–Crippen MR) is 132 cm³/mol. The van der Waals surface area contributed by atoms with Crippen molar-refractivity contribution in [2.45, 2.75) is 46.6 Å². The van der Waals surface area contributed by atoms with Crippen molar-refractivity contribution < 1.29 is 14.2 Å². The monoisotopic (exact) mass is 448 g/mol. The molecular weight excluding hydrogens is 404 g/mol. The van der Waals surface area contributed by atoms with Crippen LogP contribution in [0.15, 0.2) is 29.3 Å². The second-order valence-corrected chi connectivity index (χ2v) is 8.13. The van der Waals surface area contributed by atoms with Gasteiger partial charge in [-0.1, -0.05) is 26.0 Å². The van der Waals surface area contributed by atoms with E-state index in [-0.39, 0.29) is 0 Å². The molecule has 1 aliphatic heterocycles. The molecule has 2 N–H and O–H groups in total. The number of aliphatic imine (C=N–C) groups is 1. The van der Waals surface area contributed by atoms with Gasteiger partial charge in [0.05, 0.1) is 6.54 Å². The molecule has 2 rings (SSSR count). The Morgan fingerprint density at radius 2 is 1.81 bits per heavy atom. The van der Waals surface area contributed by atoms with Crippen LogP contribution in [0.5, 0.6) is 5.75 Å². The number of benzene rings is 1. The van der Waals surface area contributed by atoms with Gasteiger partial charge in [0.15, 0.2) is 5.96 Å². The van der Waals surface area contributed by atoms with Crippen molar-refractivity contribution in [1.29, 1.82) is 0 Å². The maximum atomic E-state index is 5.86. The summed E-state index contributed by atoms with van der Waals surface area (Å²) in [4.78, 5) is 7.06. The number of guanidine groups is 1. The number of rotatable bonds is 15. The van der Waals surface area contributed by atoms with E-state index in [4.69, 9.17) is 19.2 Å². The highest BCUT2D eigenvalue weighted by atomic mass is 16.5. The zero-order valence-corrected chi connectivity index (χ0v) is 20.4. The zero-order chi connectivity index (χ0) is 22.9. The van der Waals surface area contributed by atoms with Crippen molar-refractivity contribution >= 4 is 5.96 Å². The maximum absolute atomic E-state index is 5.86. The number of hydrogen-bond donors (Lipinski definition) is 2. The first-order valence-electron chi connectivity index (χ1n) is 12.4. The summed E-state index contributed by atoms with van der Waals surface area (Å²) in [6.45, 7) is 15.9. The van der Waals surface area contributed by atoms with Gasteiger partial charge in [0.1, 0.15) is 12.4 Å². The van der Waals surface area contributed by atoms with Crippen LogP contribution < -0.4 is 15.4 Å². The summed E-state index contributed by atoms with van der Waals surface area (Å²) in [5, 5.41) is 6.71. The van der Waals surface area contributed by atoms with Crippen molar-refractivity contribution in [3.63, 3.8) is 0 Å². The van der Waals surface area contributed by atoms with Gasteiger partial charge in [0.2, 0.25) is 0 Å². The average molecular weight is 449 g/mol. The molecular formula is C25H44N4O3. The summed E-state index contributed by atoms with van der Waals surface area (Å²) in [6.07, 6.45) is 3.21. The Labute approximate surface area is 194 Å². The fourth-order valence-corrected chi connectivity index (χ4v) is 3.58. The Bertz CT molecular complexity index is 614. The van der Waals surface area contributed by atoms with E-state index in [0.717, 1.165) is 95.7 Å². The minimum absolute atomic E-state index is 0.634. The normalized spacial score (nSPS) is 15.2.